The van der Waals surface area contributed by atoms with Crippen LogP contribution in [0.25, 0.3) is 17.0 Å². The fraction of sp³-hybridized carbons (Fsp3) is 0.217. The maximum atomic E-state index is 13.1. The fourth-order valence-corrected chi connectivity index (χ4v) is 3.42. The van der Waals surface area contributed by atoms with Crippen LogP contribution in [0.15, 0.2) is 60.9 Å². The standard InChI is InChI=1S/C23H22N6O3/c1-14(2)16-7-9-17(10-8-16)15(3)26-22(30)21-12-20(27-23-24-13-25-28(21)23)18-5-4-6-19(11-18)29(31)32/h4-15H,1-3H3,(H,26,30)/t15-/m0/s1. The third-order valence-electron chi connectivity index (χ3n) is 5.29. The van der Waals surface area contributed by atoms with E-state index in [9.17, 15) is 14.9 Å². The molecular formula is C23H22N6O3. The van der Waals surface area contributed by atoms with Crippen molar-refractivity contribution in [3.8, 4) is 11.3 Å². The van der Waals surface area contributed by atoms with Gasteiger partial charge in [0.25, 0.3) is 17.4 Å². The zero-order valence-electron chi connectivity index (χ0n) is 17.9. The molecule has 4 aromatic rings. The zero-order chi connectivity index (χ0) is 22.8. The molecule has 2 aromatic carbocycles. The molecule has 0 aliphatic rings. The Hall–Kier alpha value is -4.14. The lowest BCUT2D eigenvalue weighted by molar-refractivity contribution is -0.384. The van der Waals surface area contributed by atoms with Gasteiger partial charge in [0.05, 0.1) is 16.7 Å². The molecular weight excluding hydrogens is 408 g/mol. The first-order chi connectivity index (χ1) is 15.3. The second kappa shape index (κ2) is 8.54. The molecule has 0 aliphatic carbocycles. The highest BCUT2D eigenvalue weighted by atomic mass is 16.6. The molecule has 32 heavy (non-hydrogen) atoms. The molecule has 9 heteroatoms. The molecule has 162 valence electrons. The van der Waals surface area contributed by atoms with Crippen molar-refractivity contribution in [3.63, 3.8) is 0 Å². The number of nitro benzene ring substituents is 1. The van der Waals surface area contributed by atoms with Crippen molar-refractivity contribution < 1.29 is 9.72 Å². The molecule has 4 rings (SSSR count). The third-order valence-corrected chi connectivity index (χ3v) is 5.29. The van der Waals surface area contributed by atoms with Gasteiger partial charge in [0.1, 0.15) is 12.0 Å². The lowest BCUT2D eigenvalue weighted by atomic mass is 9.99. The van der Waals surface area contributed by atoms with Gasteiger partial charge in [-0.2, -0.15) is 14.6 Å². The molecule has 0 fully saturated rings. The largest absolute Gasteiger partial charge is 0.344 e. The van der Waals surface area contributed by atoms with E-state index in [1.807, 2.05) is 19.1 Å². The van der Waals surface area contributed by atoms with Crippen LogP contribution in [0, 0.1) is 10.1 Å². The summed E-state index contributed by atoms with van der Waals surface area (Å²) in [7, 11) is 0. The molecule has 0 saturated carbocycles. The van der Waals surface area contributed by atoms with Gasteiger partial charge in [-0.05, 0) is 30.0 Å². The number of nitrogens with zero attached hydrogens (tertiary/aromatic N) is 5. The summed E-state index contributed by atoms with van der Waals surface area (Å²) in [6, 6.07) is 15.5. The minimum absolute atomic E-state index is 0.0601. The number of benzene rings is 2. The van der Waals surface area contributed by atoms with Gasteiger partial charge in [0, 0.05) is 17.7 Å². The Bertz CT molecular complexity index is 1300. The smallest absolute Gasteiger partial charge is 0.270 e. The number of rotatable bonds is 6. The Morgan fingerprint density at radius 3 is 2.47 bits per heavy atom. The molecule has 0 aliphatic heterocycles. The lowest BCUT2D eigenvalue weighted by Crippen LogP contribution is -2.28. The highest BCUT2D eigenvalue weighted by molar-refractivity contribution is 5.94. The summed E-state index contributed by atoms with van der Waals surface area (Å²) in [4.78, 5) is 32.3. The first-order valence-electron chi connectivity index (χ1n) is 10.2. The summed E-state index contributed by atoms with van der Waals surface area (Å²) in [5.41, 5.74) is 3.29. The summed E-state index contributed by atoms with van der Waals surface area (Å²) in [5, 5.41) is 18.2. The van der Waals surface area contributed by atoms with Crippen molar-refractivity contribution in [1.29, 1.82) is 0 Å². The van der Waals surface area contributed by atoms with Crippen LogP contribution < -0.4 is 5.32 Å². The van der Waals surface area contributed by atoms with E-state index in [0.717, 1.165) is 5.56 Å². The number of aromatic nitrogens is 4. The quantitative estimate of drug-likeness (QED) is 0.360. The predicted octanol–water partition coefficient (Wildman–Crippen LogP) is 4.31. The number of hydrogen-bond donors (Lipinski definition) is 1. The number of non-ortho nitro benzene ring substituents is 1. The SMILES string of the molecule is CC(C)c1ccc([C@H](C)NC(=O)c2cc(-c3cccc([N+](=O)[O-])c3)nc3ncnn23)cc1. The molecule has 1 N–H and O–H groups in total. The van der Waals surface area contributed by atoms with Crippen LogP contribution in [0.3, 0.4) is 0 Å². The monoisotopic (exact) mass is 430 g/mol. The summed E-state index contributed by atoms with van der Waals surface area (Å²) in [6.45, 7) is 6.17. The van der Waals surface area contributed by atoms with Crippen molar-refractivity contribution in [2.24, 2.45) is 0 Å². The van der Waals surface area contributed by atoms with E-state index >= 15 is 0 Å². The van der Waals surface area contributed by atoms with Gasteiger partial charge >= 0.3 is 0 Å². The van der Waals surface area contributed by atoms with Crippen LogP contribution >= 0.6 is 0 Å². The van der Waals surface area contributed by atoms with Gasteiger partial charge in [-0.15, -0.1) is 0 Å². The van der Waals surface area contributed by atoms with E-state index in [0.29, 0.717) is 17.2 Å². The Labute approximate surface area is 184 Å². The van der Waals surface area contributed by atoms with Crippen LogP contribution in [-0.4, -0.2) is 30.4 Å². The van der Waals surface area contributed by atoms with Gasteiger partial charge in [0.15, 0.2) is 0 Å². The zero-order valence-corrected chi connectivity index (χ0v) is 17.9. The van der Waals surface area contributed by atoms with E-state index in [-0.39, 0.29) is 29.1 Å². The number of nitrogens with one attached hydrogen (secondary N) is 1. The maximum Gasteiger partial charge on any atom is 0.270 e. The molecule has 0 bridgehead atoms. The topological polar surface area (TPSA) is 115 Å². The molecule has 1 atom stereocenters. The second-order valence-electron chi connectivity index (χ2n) is 7.82. The number of fused-ring (bicyclic) bond motifs is 1. The summed E-state index contributed by atoms with van der Waals surface area (Å²) < 4.78 is 1.35. The van der Waals surface area contributed by atoms with E-state index in [2.05, 4.69) is 46.4 Å². The first kappa shape index (κ1) is 21.1. The summed E-state index contributed by atoms with van der Waals surface area (Å²) >= 11 is 0. The maximum absolute atomic E-state index is 13.1. The first-order valence-corrected chi connectivity index (χ1v) is 10.2. The van der Waals surface area contributed by atoms with Crippen molar-refractivity contribution in [2.75, 3.05) is 0 Å². The van der Waals surface area contributed by atoms with Crippen LogP contribution in [0.1, 0.15) is 54.3 Å². The fourth-order valence-electron chi connectivity index (χ4n) is 3.42. The van der Waals surface area contributed by atoms with E-state index < -0.39 is 4.92 Å². The number of hydrogen-bond acceptors (Lipinski definition) is 6. The van der Waals surface area contributed by atoms with Crippen molar-refractivity contribution in [2.45, 2.75) is 32.7 Å². The number of amides is 1. The summed E-state index contributed by atoms with van der Waals surface area (Å²) in [5.74, 6) is 0.307. The second-order valence-corrected chi connectivity index (χ2v) is 7.82. The van der Waals surface area contributed by atoms with Crippen LogP contribution in [0.4, 0.5) is 5.69 Å². The van der Waals surface area contributed by atoms with Crippen molar-refractivity contribution >= 4 is 17.4 Å². The van der Waals surface area contributed by atoms with Gasteiger partial charge in [-0.1, -0.05) is 50.2 Å². The minimum atomic E-state index is -0.473. The highest BCUT2D eigenvalue weighted by Crippen LogP contribution is 2.24. The molecule has 0 saturated heterocycles. The Balaban J connectivity index is 1.66. The normalized spacial score (nSPS) is 12.1. The average Bonchev–Trinajstić information content (AvgIpc) is 3.27. The van der Waals surface area contributed by atoms with Crippen LogP contribution in [-0.2, 0) is 0 Å². The molecule has 2 heterocycles. The van der Waals surface area contributed by atoms with Gasteiger partial charge in [-0.3, -0.25) is 14.9 Å². The highest BCUT2D eigenvalue weighted by Gasteiger charge is 2.19. The molecule has 9 nitrogen and oxygen atoms in total. The van der Waals surface area contributed by atoms with Crippen LogP contribution in [0.5, 0.6) is 0 Å². The van der Waals surface area contributed by atoms with E-state index in [1.54, 1.807) is 18.2 Å². The number of nitro groups is 1. The number of carbonyl (C=O) groups is 1. The Kier molecular flexibility index (Phi) is 5.63. The lowest BCUT2D eigenvalue weighted by Gasteiger charge is -2.16. The predicted molar refractivity (Wildman–Crippen MR) is 119 cm³/mol. The van der Waals surface area contributed by atoms with E-state index in [1.165, 1.54) is 28.5 Å². The van der Waals surface area contributed by atoms with Gasteiger partial charge in [-0.25, -0.2) is 4.98 Å². The van der Waals surface area contributed by atoms with E-state index in [4.69, 9.17) is 0 Å². The average molecular weight is 430 g/mol. The minimum Gasteiger partial charge on any atom is -0.344 e. The third kappa shape index (κ3) is 4.18. The summed E-state index contributed by atoms with van der Waals surface area (Å²) in [6.07, 6.45) is 1.31. The molecule has 2 aromatic heterocycles. The van der Waals surface area contributed by atoms with Crippen molar-refractivity contribution in [1.82, 2.24) is 24.9 Å². The Morgan fingerprint density at radius 2 is 1.78 bits per heavy atom. The van der Waals surface area contributed by atoms with Crippen LogP contribution in [0.2, 0.25) is 0 Å². The molecule has 1 amide bonds. The Morgan fingerprint density at radius 1 is 1.06 bits per heavy atom. The van der Waals surface area contributed by atoms with Gasteiger partial charge in [0.2, 0.25) is 0 Å². The van der Waals surface area contributed by atoms with Crippen molar-refractivity contribution in [3.05, 3.63) is 87.9 Å². The molecule has 0 radical (unpaired) electrons. The molecule has 0 spiro atoms. The van der Waals surface area contributed by atoms with Gasteiger partial charge < -0.3 is 5.32 Å². The molecule has 0 unspecified atom stereocenters. The number of carbonyl (C=O) groups excluding carboxylic acids is 1.